The average Bonchev–Trinajstić information content (AvgIpc) is 2.62. The maximum absolute atomic E-state index is 9.70. The van der Waals surface area contributed by atoms with Crippen LogP contribution in [0.4, 0.5) is 0 Å². The van der Waals surface area contributed by atoms with Crippen molar-refractivity contribution in [3.8, 4) is 0 Å². The molecule has 0 aromatic rings. The fourth-order valence-electron chi connectivity index (χ4n) is 1.68. The third-order valence-electron chi connectivity index (χ3n) is 2.66. The zero-order valence-electron chi connectivity index (χ0n) is 11.8. The molecule has 0 amide bonds. The molecule has 104 valence electrons. The van der Waals surface area contributed by atoms with Gasteiger partial charge in [-0.2, -0.15) is 0 Å². The summed E-state index contributed by atoms with van der Waals surface area (Å²) in [6, 6.07) is 0.120. The monoisotopic (exact) mass is 253 g/mol. The summed E-state index contributed by atoms with van der Waals surface area (Å²) < 4.78 is 0. The van der Waals surface area contributed by atoms with Crippen LogP contribution in [0.25, 0.3) is 0 Å². The van der Waals surface area contributed by atoms with E-state index in [1.807, 2.05) is 32.1 Å². The van der Waals surface area contributed by atoms with E-state index in [1.165, 1.54) is 0 Å². The van der Waals surface area contributed by atoms with Gasteiger partial charge in [0.2, 0.25) is 0 Å². The lowest BCUT2D eigenvalue weighted by atomic mass is 10.1. The summed E-state index contributed by atoms with van der Waals surface area (Å²) >= 11 is 0. The summed E-state index contributed by atoms with van der Waals surface area (Å²) in [4.78, 5) is 0. The lowest BCUT2D eigenvalue weighted by Gasteiger charge is -2.16. The molecule has 0 saturated carbocycles. The second-order valence-corrected chi connectivity index (χ2v) is 3.99. The number of allylic oxidation sites excluding steroid dienone is 4. The lowest BCUT2D eigenvalue weighted by Crippen LogP contribution is -2.34. The number of aliphatic hydroxyl groups excluding tert-OH is 2. The van der Waals surface area contributed by atoms with E-state index < -0.39 is 0 Å². The van der Waals surface area contributed by atoms with Gasteiger partial charge in [0, 0.05) is 18.2 Å². The summed E-state index contributed by atoms with van der Waals surface area (Å²) in [6.07, 6.45) is 10.4. The molecule has 0 bridgehead atoms. The van der Waals surface area contributed by atoms with Crippen molar-refractivity contribution in [2.24, 2.45) is 0 Å². The number of rotatable bonds is 6. The van der Waals surface area contributed by atoms with Gasteiger partial charge in [-0.3, -0.25) is 0 Å². The normalized spacial score (nSPS) is 16.0. The van der Waals surface area contributed by atoms with Crippen LogP contribution in [0.5, 0.6) is 0 Å². The zero-order chi connectivity index (χ0) is 13.8. The first kappa shape index (κ1) is 16.9. The molecule has 0 aromatic carbocycles. The highest BCUT2D eigenvalue weighted by Gasteiger charge is 2.08. The van der Waals surface area contributed by atoms with Crippen LogP contribution in [-0.4, -0.2) is 29.4 Å². The standard InChI is InChI=1S/C13H21NO2.C2H6/c1-2-6-12(10-15)14-9-11-7-4-3-5-8-13(11)16;1-2/h3,5,7-8,12,14-16H,2,4,6,9-10H2,1H3;1-2H3. The van der Waals surface area contributed by atoms with Gasteiger partial charge in [-0.25, -0.2) is 0 Å². The minimum absolute atomic E-state index is 0.120. The third-order valence-corrected chi connectivity index (χ3v) is 2.66. The third kappa shape index (κ3) is 6.62. The van der Waals surface area contributed by atoms with E-state index in [9.17, 15) is 5.11 Å². The van der Waals surface area contributed by atoms with Gasteiger partial charge in [-0.15, -0.1) is 0 Å². The molecular formula is C15H27NO2. The highest BCUT2D eigenvalue weighted by atomic mass is 16.3. The Morgan fingerprint density at radius 3 is 2.72 bits per heavy atom. The van der Waals surface area contributed by atoms with Gasteiger partial charge in [0.25, 0.3) is 0 Å². The number of aliphatic hydroxyl groups is 2. The van der Waals surface area contributed by atoms with E-state index >= 15 is 0 Å². The molecule has 0 radical (unpaired) electrons. The molecule has 0 aromatic heterocycles. The van der Waals surface area contributed by atoms with Crippen LogP contribution in [0.2, 0.25) is 0 Å². The highest BCUT2D eigenvalue weighted by Crippen LogP contribution is 2.11. The van der Waals surface area contributed by atoms with E-state index in [1.54, 1.807) is 6.08 Å². The van der Waals surface area contributed by atoms with Crippen molar-refractivity contribution in [3.63, 3.8) is 0 Å². The zero-order valence-corrected chi connectivity index (χ0v) is 11.8. The summed E-state index contributed by atoms with van der Waals surface area (Å²) in [7, 11) is 0. The van der Waals surface area contributed by atoms with Gasteiger partial charge < -0.3 is 15.5 Å². The molecule has 18 heavy (non-hydrogen) atoms. The molecule has 1 atom stereocenters. The highest BCUT2D eigenvalue weighted by molar-refractivity contribution is 5.32. The molecule has 0 aliphatic heterocycles. The fourth-order valence-corrected chi connectivity index (χ4v) is 1.68. The quantitative estimate of drug-likeness (QED) is 0.682. The van der Waals surface area contributed by atoms with Crippen LogP contribution >= 0.6 is 0 Å². The molecule has 1 aliphatic rings. The van der Waals surface area contributed by atoms with E-state index in [-0.39, 0.29) is 12.6 Å². The van der Waals surface area contributed by atoms with Crippen molar-refractivity contribution in [2.75, 3.05) is 13.2 Å². The van der Waals surface area contributed by atoms with Gasteiger partial charge in [0.1, 0.15) is 5.76 Å². The minimum Gasteiger partial charge on any atom is -0.508 e. The first-order valence-electron chi connectivity index (χ1n) is 6.87. The van der Waals surface area contributed by atoms with E-state index in [4.69, 9.17) is 5.11 Å². The first-order valence-corrected chi connectivity index (χ1v) is 6.87. The fraction of sp³-hybridized carbons (Fsp3) is 0.600. The summed E-state index contributed by atoms with van der Waals surface area (Å²) in [5, 5.41) is 22.1. The smallest absolute Gasteiger partial charge is 0.119 e. The van der Waals surface area contributed by atoms with Gasteiger partial charge in [-0.05, 0) is 18.9 Å². The van der Waals surface area contributed by atoms with Gasteiger partial charge >= 0.3 is 0 Å². The Morgan fingerprint density at radius 2 is 2.11 bits per heavy atom. The Balaban J connectivity index is 0.00000137. The summed E-state index contributed by atoms with van der Waals surface area (Å²) in [6.45, 7) is 6.84. The maximum Gasteiger partial charge on any atom is 0.119 e. The second kappa shape index (κ2) is 11.1. The Morgan fingerprint density at radius 1 is 1.39 bits per heavy atom. The number of nitrogens with one attached hydrogen (secondary N) is 1. The predicted octanol–water partition coefficient (Wildman–Crippen LogP) is 3.09. The van der Waals surface area contributed by atoms with Crippen molar-refractivity contribution in [1.82, 2.24) is 5.32 Å². The number of hydrogen-bond acceptors (Lipinski definition) is 3. The van der Waals surface area contributed by atoms with E-state index in [0.717, 1.165) is 24.8 Å². The predicted molar refractivity (Wildman–Crippen MR) is 77.7 cm³/mol. The first-order chi connectivity index (χ1) is 8.77. The van der Waals surface area contributed by atoms with Crippen molar-refractivity contribution in [1.29, 1.82) is 0 Å². The molecule has 3 heteroatoms. The SMILES string of the molecule is CC.CCCC(CO)NCC1=CCC=CC=C1O. The van der Waals surface area contributed by atoms with Crippen LogP contribution in [0.3, 0.4) is 0 Å². The van der Waals surface area contributed by atoms with E-state index in [2.05, 4.69) is 12.2 Å². The molecular weight excluding hydrogens is 226 g/mol. The second-order valence-electron chi connectivity index (χ2n) is 3.99. The maximum atomic E-state index is 9.70. The lowest BCUT2D eigenvalue weighted by molar-refractivity contribution is 0.237. The van der Waals surface area contributed by atoms with Gasteiger partial charge in [-0.1, -0.05) is 45.4 Å². The summed E-state index contributed by atoms with van der Waals surface area (Å²) in [5.41, 5.74) is 0.902. The van der Waals surface area contributed by atoms with Crippen molar-refractivity contribution in [3.05, 3.63) is 35.6 Å². The van der Waals surface area contributed by atoms with Crippen LogP contribution in [0, 0.1) is 0 Å². The van der Waals surface area contributed by atoms with Gasteiger partial charge in [0.05, 0.1) is 6.61 Å². The Hall–Kier alpha value is -1.06. The molecule has 1 unspecified atom stereocenters. The van der Waals surface area contributed by atoms with Crippen molar-refractivity contribution in [2.45, 2.75) is 46.1 Å². The molecule has 0 heterocycles. The Labute approximate surface area is 111 Å². The molecule has 3 N–H and O–H groups in total. The van der Waals surface area contributed by atoms with Crippen LogP contribution in [-0.2, 0) is 0 Å². The van der Waals surface area contributed by atoms with E-state index in [0.29, 0.717) is 12.3 Å². The molecule has 0 fully saturated rings. The molecule has 0 spiro atoms. The summed E-state index contributed by atoms with van der Waals surface area (Å²) in [5.74, 6) is 0.314. The molecule has 1 rings (SSSR count). The number of hydrogen-bond donors (Lipinski definition) is 3. The molecule has 1 aliphatic carbocycles. The average molecular weight is 253 g/mol. The topological polar surface area (TPSA) is 52.5 Å². The Bertz CT molecular complexity index is 293. The minimum atomic E-state index is 0.120. The van der Waals surface area contributed by atoms with Crippen LogP contribution in [0.1, 0.15) is 40.0 Å². The molecule has 0 saturated heterocycles. The van der Waals surface area contributed by atoms with Gasteiger partial charge in [0.15, 0.2) is 0 Å². The van der Waals surface area contributed by atoms with Crippen LogP contribution < -0.4 is 5.32 Å². The largest absolute Gasteiger partial charge is 0.508 e. The molecule has 3 nitrogen and oxygen atoms in total. The Kier molecular flexibility index (Phi) is 10.4. The van der Waals surface area contributed by atoms with Crippen molar-refractivity contribution < 1.29 is 10.2 Å². The van der Waals surface area contributed by atoms with Crippen LogP contribution in [0.15, 0.2) is 35.6 Å². The van der Waals surface area contributed by atoms with Crippen molar-refractivity contribution >= 4 is 0 Å².